The molecule has 4 aromatic carbocycles. The first kappa shape index (κ1) is 24.9. The fourth-order valence-electron chi connectivity index (χ4n) is 4.38. The molecule has 0 aliphatic heterocycles. The van der Waals surface area contributed by atoms with Gasteiger partial charge in [0.15, 0.2) is 6.61 Å². The number of hydrogen-bond acceptors (Lipinski definition) is 4. The lowest BCUT2D eigenvalue weighted by Crippen LogP contribution is -2.39. The Balaban J connectivity index is 1.59. The lowest BCUT2D eigenvalue weighted by molar-refractivity contribution is -0.136. The van der Waals surface area contributed by atoms with Crippen LogP contribution in [0.5, 0.6) is 5.75 Å². The van der Waals surface area contributed by atoms with Gasteiger partial charge in [-0.3, -0.25) is 14.2 Å². The van der Waals surface area contributed by atoms with Gasteiger partial charge in [0, 0.05) is 6.54 Å². The number of carbonyl (C=O) groups is 1. The normalized spacial score (nSPS) is 11.7. The van der Waals surface area contributed by atoms with Crippen molar-refractivity contribution >= 4 is 16.8 Å². The van der Waals surface area contributed by atoms with Gasteiger partial charge < -0.3 is 9.64 Å². The van der Waals surface area contributed by atoms with E-state index in [9.17, 15) is 14.0 Å². The number of fused-ring (bicyclic) bond motifs is 1. The Morgan fingerprint density at radius 3 is 2.24 bits per heavy atom. The van der Waals surface area contributed by atoms with Crippen LogP contribution >= 0.6 is 0 Å². The quantitative estimate of drug-likeness (QED) is 0.271. The third-order valence-electron chi connectivity index (χ3n) is 6.35. The van der Waals surface area contributed by atoms with Crippen LogP contribution in [-0.2, 0) is 11.3 Å². The molecule has 0 spiro atoms. The average molecular weight is 508 g/mol. The molecular formula is C31H26FN3O3. The summed E-state index contributed by atoms with van der Waals surface area (Å²) in [4.78, 5) is 33.8. The van der Waals surface area contributed by atoms with E-state index in [0.29, 0.717) is 28.2 Å². The Bertz CT molecular complexity index is 1600. The van der Waals surface area contributed by atoms with Gasteiger partial charge in [-0.15, -0.1) is 0 Å². The van der Waals surface area contributed by atoms with Crippen molar-refractivity contribution in [3.63, 3.8) is 0 Å². The third-order valence-corrected chi connectivity index (χ3v) is 6.35. The Morgan fingerprint density at radius 1 is 0.895 bits per heavy atom. The van der Waals surface area contributed by atoms with Crippen molar-refractivity contribution < 1.29 is 13.9 Å². The molecule has 1 heterocycles. The molecule has 0 radical (unpaired) electrons. The lowest BCUT2D eigenvalue weighted by Gasteiger charge is -2.30. The third kappa shape index (κ3) is 5.32. The molecule has 190 valence electrons. The summed E-state index contributed by atoms with van der Waals surface area (Å²) in [6.45, 7) is 1.93. The van der Waals surface area contributed by atoms with Gasteiger partial charge in [0.05, 0.1) is 22.6 Å². The van der Waals surface area contributed by atoms with E-state index in [1.165, 1.54) is 28.8 Å². The number of hydrogen-bond donors (Lipinski definition) is 0. The molecule has 1 aromatic heterocycles. The number of nitrogens with zero attached hydrogens (tertiary/aromatic N) is 3. The summed E-state index contributed by atoms with van der Waals surface area (Å²) in [6, 6.07) is 30.8. The second-order valence-electron chi connectivity index (χ2n) is 8.89. The zero-order chi connectivity index (χ0) is 26.5. The zero-order valence-corrected chi connectivity index (χ0v) is 20.8. The number of para-hydroxylation sites is 2. The summed E-state index contributed by atoms with van der Waals surface area (Å²) in [5.74, 6) is 0.270. The van der Waals surface area contributed by atoms with E-state index in [1.807, 2.05) is 61.5 Å². The predicted molar refractivity (Wildman–Crippen MR) is 145 cm³/mol. The van der Waals surface area contributed by atoms with Crippen LogP contribution in [-0.4, -0.2) is 27.0 Å². The van der Waals surface area contributed by atoms with E-state index in [4.69, 9.17) is 9.72 Å². The van der Waals surface area contributed by atoms with Crippen molar-refractivity contribution in [3.05, 3.63) is 137 Å². The first-order valence-corrected chi connectivity index (χ1v) is 12.3. The highest BCUT2D eigenvalue weighted by Crippen LogP contribution is 2.25. The van der Waals surface area contributed by atoms with Crippen LogP contribution in [0.1, 0.15) is 24.4 Å². The van der Waals surface area contributed by atoms with Crippen LogP contribution in [0.4, 0.5) is 4.39 Å². The number of rotatable bonds is 8. The summed E-state index contributed by atoms with van der Waals surface area (Å²) in [5, 5.41) is 0.432. The molecule has 0 N–H and O–H groups in total. The molecule has 0 saturated heterocycles. The van der Waals surface area contributed by atoms with Crippen molar-refractivity contribution in [2.75, 3.05) is 6.61 Å². The minimum absolute atomic E-state index is 0.185. The maximum atomic E-state index is 13.7. The molecule has 0 aliphatic rings. The minimum Gasteiger partial charge on any atom is -0.484 e. The Kier molecular flexibility index (Phi) is 7.26. The zero-order valence-electron chi connectivity index (χ0n) is 20.8. The summed E-state index contributed by atoms with van der Waals surface area (Å²) < 4.78 is 21.0. The molecule has 5 rings (SSSR count). The molecule has 1 amide bonds. The van der Waals surface area contributed by atoms with Crippen molar-refractivity contribution in [2.45, 2.75) is 19.5 Å². The summed E-state index contributed by atoms with van der Waals surface area (Å²) >= 11 is 0. The summed E-state index contributed by atoms with van der Waals surface area (Å²) in [6.07, 6.45) is 0. The van der Waals surface area contributed by atoms with Crippen molar-refractivity contribution in [2.24, 2.45) is 0 Å². The Morgan fingerprint density at radius 2 is 1.53 bits per heavy atom. The molecule has 6 nitrogen and oxygen atoms in total. The van der Waals surface area contributed by atoms with Crippen LogP contribution in [0.3, 0.4) is 0 Å². The van der Waals surface area contributed by atoms with E-state index >= 15 is 0 Å². The molecular weight excluding hydrogens is 481 g/mol. The van der Waals surface area contributed by atoms with E-state index in [1.54, 1.807) is 35.2 Å². The molecule has 0 saturated carbocycles. The maximum Gasteiger partial charge on any atom is 0.266 e. The minimum atomic E-state index is -0.621. The molecule has 5 aromatic rings. The van der Waals surface area contributed by atoms with Crippen LogP contribution in [0.15, 0.2) is 114 Å². The first-order chi connectivity index (χ1) is 18.5. The molecule has 1 atom stereocenters. The second-order valence-corrected chi connectivity index (χ2v) is 8.89. The Hall–Kier alpha value is -4.78. The van der Waals surface area contributed by atoms with E-state index < -0.39 is 11.9 Å². The monoisotopic (exact) mass is 507 g/mol. The maximum absolute atomic E-state index is 13.7. The molecule has 0 fully saturated rings. The number of carbonyl (C=O) groups excluding carboxylic acids is 1. The van der Waals surface area contributed by atoms with Gasteiger partial charge in [-0.05, 0) is 61.0 Å². The largest absolute Gasteiger partial charge is 0.484 e. The molecule has 7 heteroatoms. The van der Waals surface area contributed by atoms with Gasteiger partial charge in [0.25, 0.3) is 11.5 Å². The number of benzene rings is 4. The number of halogens is 1. The lowest BCUT2D eigenvalue weighted by atomic mass is 10.1. The van der Waals surface area contributed by atoms with Crippen LogP contribution in [0.2, 0.25) is 0 Å². The van der Waals surface area contributed by atoms with E-state index in [2.05, 4.69) is 0 Å². The van der Waals surface area contributed by atoms with Crippen molar-refractivity contribution in [1.82, 2.24) is 14.5 Å². The number of amides is 1. The van der Waals surface area contributed by atoms with Crippen LogP contribution in [0, 0.1) is 5.82 Å². The second kappa shape index (κ2) is 11.1. The van der Waals surface area contributed by atoms with Crippen molar-refractivity contribution in [3.8, 4) is 11.4 Å². The summed E-state index contributed by atoms with van der Waals surface area (Å²) in [7, 11) is 0. The smallest absolute Gasteiger partial charge is 0.266 e. The van der Waals surface area contributed by atoms with Gasteiger partial charge in [0.2, 0.25) is 0 Å². The number of ether oxygens (including phenoxy) is 1. The fraction of sp³-hybridized carbons (Fsp3) is 0.129. The molecule has 38 heavy (non-hydrogen) atoms. The van der Waals surface area contributed by atoms with Crippen LogP contribution < -0.4 is 10.3 Å². The van der Waals surface area contributed by atoms with Gasteiger partial charge >= 0.3 is 0 Å². The predicted octanol–water partition coefficient (Wildman–Crippen LogP) is 5.69. The van der Waals surface area contributed by atoms with Crippen LogP contribution in [0.25, 0.3) is 16.6 Å². The summed E-state index contributed by atoms with van der Waals surface area (Å²) in [5.41, 5.74) is 1.61. The first-order valence-electron chi connectivity index (χ1n) is 12.3. The van der Waals surface area contributed by atoms with Gasteiger partial charge in [-0.2, -0.15) is 0 Å². The number of aromatic nitrogens is 2. The van der Waals surface area contributed by atoms with Crippen molar-refractivity contribution in [1.29, 1.82) is 0 Å². The standard InChI is InChI=1S/C31H26FN3O3/c1-22(34(20-23-10-4-2-5-11-23)29(36)21-38-26-12-6-3-7-13-26)30-33-28-15-9-8-14-27(28)31(37)35(30)25-18-16-24(32)17-19-25/h2-19,22H,20-21H2,1H3. The van der Waals surface area contributed by atoms with E-state index in [0.717, 1.165) is 5.56 Å². The van der Waals surface area contributed by atoms with E-state index in [-0.39, 0.29) is 24.6 Å². The fourth-order valence-corrected chi connectivity index (χ4v) is 4.38. The molecule has 1 unspecified atom stereocenters. The molecule has 0 bridgehead atoms. The van der Waals surface area contributed by atoms with Gasteiger partial charge in [0.1, 0.15) is 17.4 Å². The van der Waals surface area contributed by atoms with Gasteiger partial charge in [-0.1, -0.05) is 60.7 Å². The highest BCUT2D eigenvalue weighted by Gasteiger charge is 2.27. The highest BCUT2D eigenvalue weighted by molar-refractivity contribution is 5.79. The highest BCUT2D eigenvalue weighted by atomic mass is 19.1. The Labute approximate surface area is 219 Å². The average Bonchev–Trinajstić information content (AvgIpc) is 2.96. The molecule has 0 aliphatic carbocycles. The topological polar surface area (TPSA) is 64.4 Å². The van der Waals surface area contributed by atoms with Gasteiger partial charge in [-0.25, -0.2) is 9.37 Å². The SMILES string of the molecule is CC(c1nc2ccccc2c(=O)n1-c1ccc(F)cc1)N(Cc1ccccc1)C(=O)COc1ccccc1.